The molecule has 7 rings (SSSR count). The van der Waals surface area contributed by atoms with E-state index in [-0.39, 0.29) is 6.04 Å². The number of rotatable bonds is 5. The van der Waals surface area contributed by atoms with E-state index in [9.17, 15) is 4.79 Å². The summed E-state index contributed by atoms with van der Waals surface area (Å²) in [6.45, 7) is 0. The zero-order valence-corrected chi connectivity index (χ0v) is 20.6. The number of anilines is 1. The van der Waals surface area contributed by atoms with Crippen LogP contribution in [0.3, 0.4) is 0 Å². The number of fused-ring (bicyclic) bond motifs is 3. The summed E-state index contributed by atoms with van der Waals surface area (Å²) in [7, 11) is 0. The van der Waals surface area contributed by atoms with Crippen LogP contribution in [0.5, 0.6) is 0 Å². The maximum atomic E-state index is 13.5. The van der Waals surface area contributed by atoms with E-state index in [0.717, 1.165) is 28.9 Å². The van der Waals surface area contributed by atoms with E-state index in [1.165, 1.54) is 5.56 Å². The van der Waals surface area contributed by atoms with Crippen LogP contribution in [0.25, 0.3) is 27.6 Å². The maximum absolute atomic E-state index is 13.5. The Morgan fingerprint density at radius 2 is 1.39 bits per heavy atom. The molecule has 184 valence electrons. The van der Waals surface area contributed by atoms with E-state index < -0.39 is 5.63 Å². The number of nitrogens with zero attached hydrogens (tertiary/aromatic N) is 4. The molecule has 38 heavy (non-hydrogen) atoms. The monoisotopic (exact) mass is 496 g/mol. The number of hydrogen-bond donors (Lipinski definition) is 0. The molecule has 6 heteroatoms. The number of hydrogen-bond acceptors (Lipinski definition) is 5. The lowest BCUT2D eigenvalue weighted by atomic mass is 9.99. The summed E-state index contributed by atoms with van der Waals surface area (Å²) in [4.78, 5) is 13.5. The van der Waals surface area contributed by atoms with Crippen molar-refractivity contribution in [1.29, 1.82) is 0 Å². The van der Waals surface area contributed by atoms with Crippen molar-refractivity contribution in [3.63, 3.8) is 0 Å². The normalized spacial score (nSPS) is 15.3. The first-order valence-corrected chi connectivity index (χ1v) is 12.7. The van der Waals surface area contributed by atoms with Crippen molar-refractivity contribution in [2.45, 2.75) is 18.9 Å². The standard InChI is InChI=1S/C32H24N4O2/c37-32-29-30(26-18-10-11-19-28(26)38-32)34-36(24-16-8-3-9-17-24)31(29)27-21-25(20-22-12-4-1-5-13-22)35(33-27)23-14-6-2-7-15-23/h1-19,25H,20-21H2. The minimum Gasteiger partial charge on any atom is -0.422 e. The molecule has 0 amide bonds. The fourth-order valence-electron chi connectivity index (χ4n) is 5.32. The van der Waals surface area contributed by atoms with Crippen molar-refractivity contribution in [2.24, 2.45) is 5.10 Å². The van der Waals surface area contributed by atoms with Gasteiger partial charge in [-0.3, -0.25) is 5.01 Å². The highest BCUT2D eigenvalue weighted by atomic mass is 16.4. The molecule has 3 heterocycles. The van der Waals surface area contributed by atoms with Gasteiger partial charge in [-0.15, -0.1) is 0 Å². The van der Waals surface area contributed by atoms with E-state index in [0.29, 0.717) is 28.6 Å². The zero-order valence-electron chi connectivity index (χ0n) is 20.6. The average molecular weight is 497 g/mol. The highest BCUT2D eigenvalue weighted by Gasteiger charge is 2.33. The van der Waals surface area contributed by atoms with Gasteiger partial charge in [0.05, 0.1) is 23.1 Å². The van der Waals surface area contributed by atoms with Gasteiger partial charge in [-0.2, -0.15) is 10.2 Å². The predicted molar refractivity (Wildman–Crippen MR) is 151 cm³/mol. The molecule has 0 radical (unpaired) electrons. The zero-order chi connectivity index (χ0) is 25.5. The third-order valence-corrected chi connectivity index (χ3v) is 7.05. The topological polar surface area (TPSA) is 63.6 Å². The van der Waals surface area contributed by atoms with Gasteiger partial charge in [0.2, 0.25) is 0 Å². The first-order valence-electron chi connectivity index (χ1n) is 12.7. The van der Waals surface area contributed by atoms with Crippen LogP contribution < -0.4 is 10.6 Å². The van der Waals surface area contributed by atoms with Gasteiger partial charge in [0.25, 0.3) is 0 Å². The smallest absolute Gasteiger partial charge is 0.348 e. The molecule has 1 aliphatic rings. The number of para-hydroxylation sites is 3. The van der Waals surface area contributed by atoms with E-state index in [2.05, 4.69) is 41.4 Å². The Morgan fingerprint density at radius 1 is 0.763 bits per heavy atom. The third-order valence-electron chi connectivity index (χ3n) is 7.05. The molecule has 6 aromatic rings. The van der Waals surface area contributed by atoms with Crippen molar-refractivity contribution < 1.29 is 4.42 Å². The Labute approximate surface area is 219 Å². The van der Waals surface area contributed by atoms with Gasteiger partial charge in [0.1, 0.15) is 22.2 Å². The van der Waals surface area contributed by atoms with Crippen LogP contribution in [0.1, 0.15) is 17.7 Å². The predicted octanol–water partition coefficient (Wildman–Crippen LogP) is 6.36. The quantitative estimate of drug-likeness (QED) is 0.261. The van der Waals surface area contributed by atoms with Gasteiger partial charge < -0.3 is 4.42 Å². The second-order valence-corrected chi connectivity index (χ2v) is 9.48. The van der Waals surface area contributed by atoms with Crippen LogP contribution >= 0.6 is 0 Å². The van der Waals surface area contributed by atoms with Gasteiger partial charge >= 0.3 is 5.63 Å². The second kappa shape index (κ2) is 9.16. The Hall–Kier alpha value is -4.97. The number of benzene rings is 4. The van der Waals surface area contributed by atoms with Crippen molar-refractivity contribution in [3.05, 3.63) is 137 Å². The molecule has 2 aromatic heterocycles. The van der Waals surface area contributed by atoms with Gasteiger partial charge in [0, 0.05) is 11.8 Å². The lowest BCUT2D eigenvalue weighted by Gasteiger charge is -2.23. The van der Waals surface area contributed by atoms with Gasteiger partial charge in [-0.05, 0) is 48.4 Å². The fraction of sp³-hybridized carbons (Fsp3) is 0.0938. The van der Waals surface area contributed by atoms with Crippen molar-refractivity contribution >= 4 is 33.3 Å². The molecule has 0 bridgehead atoms. The van der Waals surface area contributed by atoms with Crippen LogP contribution in [0.15, 0.2) is 130 Å². The highest BCUT2D eigenvalue weighted by Crippen LogP contribution is 2.33. The van der Waals surface area contributed by atoms with E-state index >= 15 is 0 Å². The summed E-state index contributed by atoms with van der Waals surface area (Å²) in [6, 6.07) is 38.1. The summed E-state index contributed by atoms with van der Waals surface area (Å²) >= 11 is 0. The van der Waals surface area contributed by atoms with E-state index in [1.807, 2.05) is 77.5 Å². The third kappa shape index (κ3) is 3.78. The Bertz CT molecular complexity index is 1840. The molecular formula is C32H24N4O2. The lowest BCUT2D eigenvalue weighted by molar-refractivity contribution is 0.569. The summed E-state index contributed by atoms with van der Waals surface area (Å²) in [5.74, 6) is 0. The summed E-state index contributed by atoms with van der Waals surface area (Å²) < 4.78 is 7.63. The van der Waals surface area contributed by atoms with Crippen molar-refractivity contribution in [2.75, 3.05) is 5.01 Å². The van der Waals surface area contributed by atoms with Crippen LogP contribution in [0.4, 0.5) is 5.69 Å². The molecule has 1 atom stereocenters. The lowest BCUT2D eigenvalue weighted by Crippen LogP contribution is -2.28. The first-order chi connectivity index (χ1) is 18.8. The molecular weight excluding hydrogens is 472 g/mol. The molecule has 0 N–H and O–H groups in total. The van der Waals surface area contributed by atoms with Crippen LogP contribution in [-0.4, -0.2) is 21.5 Å². The van der Waals surface area contributed by atoms with Crippen molar-refractivity contribution in [3.8, 4) is 5.69 Å². The van der Waals surface area contributed by atoms with Gasteiger partial charge in [0.15, 0.2) is 0 Å². The van der Waals surface area contributed by atoms with Crippen molar-refractivity contribution in [1.82, 2.24) is 9.78 Å². The molecule has 1 unspecified atom stereocenters. The largest absolute Gasteiger partial charge is 0.422 e. The van der Waals surface area contributed by atoms with Crippen LogP contribution in [-0.2, 0) is 6.42 Å². The molecule has 0 saturated carbocycles. The fourth-order valence-corrected chi connectivity index (χ4v) is 5.32. The summed E-state index contributed by atoms with van der Waals surface area (Å²) in [5.41, 5.74) is 5.34. The Morgan fingerprint density at radius 3 is 2.13 bits per heavy atom. The molecule has 6 nitrogen and oxygen atoms in total. The van der Waals surface area contributed by atoms with E-state index in [4.69, 9.17) is 14.6 Å². The average Bonchev–Trinajstić information content (AvgIpc) is 3.57. The molecule has 1 aliphatic heterocycles. The minimum absolute atomic E-state index is 0.0801. The van der Waals surface area contributed by atoms with Gasteiger partial charge in [-0.25, -0.2) is 9.48 Å². The summed E-state index contributed by atoms with van der Waals surface area (Å²) in [6.07, 6.45) is 1.47. The highest BCUT2D eigenvalue weighted by molar-refractivity contribution is 6.15. The van der Waals surface area contributed by atoms with Crippen LogP contribution in [0.2, 0.25) is 0 Å². The maximum Gasteiger partial charge on any atom is 0.348 e. The minimum atomic E-state index is -0.406. The molecule has 4 aromatic carbocycles. The van der Waals surface area contributed by atoms with E-state index in [1.54, 1.807) is 6.07 Å². The molecule has 0 fully saturated rings. The van der Waals surface area contributed by atoms with Gasteiger partial charge in [-0.1, -0.05) is 78.9 Å². The van der Waals surface area contributed by atoms with Crippen LogP contribution in [0, 0.1) is 0 Å². The second-order valence-electron chi connectivity index (χ2n) is 9.48. The Kier molecular flexibility index (Phi) is 5.36. The SMILES string of the molecule is O=c1oc2ccccc2c2nn(-c3ccccc3)c(C3=NN(c4ccccc4)C(Cc4ccccc4)C3)c12. The number of aromatic nitrogens is 2. The molecule has 0 saturated heterocycles. The number of hydrazone groups is 1. The first kappa shape index (κ1) is 22.2. The molecule has 0 aliphatic carbocycles. The Balaban J connectivity index is 1.45. The summed E-state index contributed by atoms with van der Waals surface area (Å²) in [5, 5.41) is 13.5. The molecule has 0 spiro atoms.